The van der Waals surface area contributed by atoms with Crippen molar-refractivity contribution >= 4 is 21.7 Å². The third-order valence-corrected chi connectivity index (χ3v) is 6.83. The molecule has 7 nitrogen and oxygen atoms in total. The number of halogens is 1. The van der Waals surface area contributed by atoms with E-state index in [1.807, 2.05) is 42.3 Å². The van der Waals surface area contributed by atoms with Crippen molar-refractivity contribution in [3.8, 4) is 0 Å². The van der Waals surface area contributed by atoms with E-state index in [0.29, 0.717) is 13.1 Å². The van der Waals surface area contributed by atoms with Crippen LogP contribution in [0.4, 0.5) is 14.9 Å². The van der Waals surface area contributed by atoms with Crippen LogP contribution < -0.4 is 10.2 Å². The van der Waals surface area contributed by atoms with Gasteiger partial charge in [-0.3, -0.25) is 0 Å². The molecule has 1 heterocycles. The number of carbonyl (C=O) groups is 1. The van der Waals surface area contributed by atoms with Crippen molar-refractivity contribution in [1.29, 1.82) is 0 Å². The summed E-state index contributed by atoms with van der Waals surface area (Å²) < 4.78 is 40.4. The Kier molecular flexibility index (Phi) is 6.71. The van der Waals surface area contributed by atoms with Gasteiger partial charge >= 0.3 is 6.03 Å². The number of likely N-dealkylation sites (N-methyl/N-ethyl adjacent to an activating group) is 1. The molecular formula is C20H25FN4O3S. The van der Waals surface area contributed by atoms with Crippen LogP contribution in [-0.4, -0.2) is 70.0 Å². The van der Waals surface area contributed by atoms with Gasteiger partial charge in [0.15, 0.2) is 0 Å². The summed E-state index contributed by atoms with van der Waals surface area (Å²) in [7, 11) is -1.96. The summed E-state index contributed by atoms with van der Waals surface area (Å²) >= 11 is 0. The second-order valence-electron chi connectivity index (χ2n) is 6.81. The summed E-state index contributed by atoms with van der Waals surface area (Å²) in [6.07, 6.45) is 0. The molecule has 0 spiro atoms. The summed E-state index contributed by atoms with van der Waals surface area (Å²) in [5.74, 6) is -0.768. The van der Waals surface area contributed by atoms with Crippen molar-refractivity contribution in [3.05, 3.63) is 60.4 Å². The number of urea groups is 1. The molecule has 156 valence electrons. The van der Waals surface area contributed by atoms with Gasteiger partial charge in [-0.2, -0.15) is 4.31 Å². The van der Waals surface area contributed by atoms with Crippen molar-refractivity contribution < 1.29 is 17.6 Å². The number of para-hydroxylation sites is 1. The zero-order valence-electron chi connectivity index (χ0n) is 16.3. The molecule has 1 N–H and O–H groups in total. The van der Waals surface area contributed by atoms with Gasteiger partial charge in [-0.1, -0.05) is 30.3 Å². The molecule has 2 aromatic rings. The molecule has 0 atom stereocenters. The topological polar surface area (TPSA) is 73.0 Å². The van der Waals surface area contributed by atoms with Crippen molar-refractivity contribution in [3.63, 3.8) is 0 Å². The fourth-order valence-electron chi connectivity index (χ4n) is 3.18. The largest absolute Gasteiger partial charge is 0.373 e. The van der Waals surface area contributed by atoms with E-state index < -0.39 is 15.8 Å². The number of rotatable bonds is 6. The van der Waals surface area contributed by atoms with E-state index >= 15 is 0 Å². The first kappa shape index (κ1) is 21.1. The van der Waals surface area contributed by atoms with Gasteiger partial charge in [-0.25, -0.2) is 17.6 Å². The third-order valence-electron chi connectivity index (χ3n) is 4.90. The van der Waals surface area contributed by atoms with E-state index in [-0.39, 0.29) is 37.1 Å². The van der Waals surface area contributed by atoms with Crippen molar-refractivity contribution in [1.82, 2.24) is 14.5 Å². The monoisotopic (exact) mass is 420 g/mol. The first-order valence-electron chi connectivity index (χ1n) is 9.43. The minimum absolute atomic E-state index is 0.133. The molecule has 0 aromatic heterocycles. The Morgan fingerprint density at radius 2 is 1.66 bits per heavy atom. The smallest absolute Gasteiger partial charge is 0.317 e. The number of nitrogens with one attached hydrogen (secondary N) is 1. The summed E-state index contributed by atoms with van der Waals surface area (Å²) in [6, 6.07) is 15.0. The Balaban J connectivity index is 1.48. The average molecular weight is 421 g/mol. The van der Waals surface area contributed by atoms with Crippen LogP contribution in [0, 0.1) is 5.82 Å². The quantitative estimate of drug-likeness (QED) is 0.776. The van der Waals surface area contributed by atoms with E-state index in [2.05, 4.69) is 5.32 Å². The van der Waals surface area contributed by atoms with Crippen LogP contribution in [-0.2, 0) is 10.0 Å². The normalized spacial score (nSPS) is 15.2. The first-order valence-corrected chi connectivity index (χ1v) is 10.9. The Bertz CT molecular complexity index is 932. The standard InChI is InChI=1S/C20H25FN4O3S/c1-23(17-7-3-2-4-8-17)12-11-22-20(26)24-13-15-25(16-14-24)29(27,28)19-10-6-5-9-18(19)21/h2-10H,11-16H2,1H3,(H,22,26). The molecule has 0 saturated carbocycles. The van der Waals surface area contributed by atoms with Crippen molar-refractivity contribution in [2.24, 2.45) is 0 Å². The fraction of sp³-hybridized carbons (Fsp3) is 0.350. The van der Waals surface area contributed by atoms with E-state index in [1.165, 1.54) is 22.5 Å². The summed E-state index contributed by atoms with van der Waals surface area (Å²) in [4.78, 5) is 15.7. The molecule has 0 aliphatic carbocycles. The lowest BCUT2D eigenvalue weighted by atomic mass is 10.3. The predicted octanol–water partition coefficient (Wildman–Crippen LogP) is 1.98. The van der Waals surface area contributed by atoms with Crippen molar-refractivity contribution in [2.45, 2.75) is 4.90 Å². The second kappa shape index (κ2) is 9.23. The molecule has 2 amide bonds. The lowest BCUT2D eigenvalue weighted by Gasteiger charge is -2.34. The number of amides is 2. The highest BCUT2D eigenvalue weighted by molar-refractivity contribution is 7.89. The van der Waals surface area contributed by atoms with Crippen LogP contribution in [0.3, 0.4) is 0 Å². The van der Waals surface area contributed by atoms with Gasteiger partial charge in [0.2, 0.25) is 10.0 Å². The molecule has 1 aliphatic heterocycles. The summed E-state index contributed by atoms with van der Waals surface area (Å²) in [6.45, 7) is 1.90. The minimum Gasteiger partial charge on any atom is -0.373 e. The number of piperazine rings is 1. The maximum atomic E-state index is 13.9. The van der Waals surface area contributed by atoms with Crippen LogP contribution in [0.5, 0.6) is 0 Å². The van der Waals surface area contributed by atoms with E-state index in [9.17, 15) is 17.6 Å². The van der Waals surface area contributed by atoms with Crippen LogP contribution in [0.25, 0.3) is 0 Å². The molecule has 0 radical (unpaired) electrons. The number of benzene rings is 2. The highest BCUT2D eigenvalue weighted by atomic mass is 32.2. The minimum atomic E-state index is -3.91. The molecule has 2 aromatic carbocycles. The Morgan fingerprint density at radius 1 is 1.03 bits per heavy atom. The number of anilines is 1. The highest BCUT2D eigenvalue weighted by Crippen LogP contribution is 2.20. The fourth-order valence-corrected chi connectivity index (χ4v) is 4.67. The van der Waals surface area contributed by atoms with Crippen LogP contribution in [0.1, 0.15) is 0 Å². The number of carbonyl (C=O) groups excluding carboxylic acids is 1. The molecule has 0 bridgehead atoms. The van der Waals surface area contributed by atoms with Crippen LogP contribution >= 0.6 is 0 Å². The maximum Gasteiger partial charge on any atom is 0.317 e. The second-order valence-corrected chi connectivity index (χ2v) is 8.72. The highest BCUT2D eigenvalue weighted by Gasteiger charge is 2.31. The van der Waals surface area contributed by atoms with Gasteiger partial charge in [-0.05, 0) is 24.3 Å². The maximum absolute atomic E-state index is 13.9. The molecule has 29 heavy (non-hydrogen) atoms. The number of hydrogen-bond acceptors (Lipinski definition) is 4. The Labute approximate surface area is 170 Å². The zero-order valence-corrected chi connectivity index (χ0v) is 17.1. The molecule has 1 saturated heterocycles. The van der Waals surface area contributed by atoms with E-state index in [0.717, 1.165) is 11.8 Å². The SMILES string of the molecule is CN(CCNC(=O)N1CCN(S(=O)(=O)c2ccccc2F)CC1)c1ccccc1. The Hall–Kier alpha value is -2.65. The number of hydrogen-bond donors (Lipinski definition) is 1. The molecule has 1 fully saturated rings. The first-order chi connectivity index (χ1) is 13.9. The third kappa shape index (κ3) is 5.04. The van der Waals surface area contributed by atoms with Gasteiger partial charge in [0.25, 0.3) is 0 Å². The van der Waals surface area contributed by atoms with Gasteiger partial charge in [0, 0.05) is 52.0 Å². The van der Waals surface area contributed by atoms with Crippen molar-refractivity contribution in [2.75, 3.05) is 51.2 Å². The Morgan fingerprint density at radius 3 is 2.31 bits per heavy atom. The van der Waals surface area contributed by atoms with Crippen LogP contribution in [0.15, 0.2) is 59.5 Å². The predicted molar refractivity (Wildman–Crippen MR) is 110 cm³/mol. The molecule has 3 rings (SSSR count). The number of nitrogens with zero attached hydrogens (tertiary/aromatic N) is 3. The molecular weight excluding hydrogens is 395 g/mol. The van der Waals surface area contributed by atoms with Gasteiger partial charge in [-0.15, -0.1) is 0 Å². The molecule has 0 unspecified atom stereocenters. The summed E-state index contributed by atoms with van der Waals surface area (Å²) in [5, 5.41) is 2.86. The van der Waals surface area contributed by atoms with E-state index in [1.54, 1.807) is 4.90 Å². The molecule has 9 heteroatoms. The summed E-state index contributed by atoms with van der Waals surface area (Å²) in [5.41, 5.74) is 1.06. The van der Waals surface area contributed by atoms with Gasteiger partial charge < -0.3 is 15.1 Å². The lowest BCUT2D eigenvalue weighted by Crippen LogP contribution is -2.53. The zero-order chi connectivity index (χ0) is 20.9. The number of sulfonamides is 1. The van der Waals surface area contributed by atoms with E-state index in [4.69, 9.17) is 0 Å². The van der Waals surface area contributed by atoms with Gasteiger partial charge in [0.05, 0.1) is 0 Å². The average Bonchev–Trinajstić information content (AvgIpc) is 2.74. The van der Waals surface area contributed by atoms with Crippen LogP contribution in [0.2, 0.25) is 0 Å². The molecule has 1 aliphatic rings. The van der Waals surface area contributed by atoms with Gasteiger partial charge in [0.1, 0.15) is 10.7 Å². The lowest BCUT2D eigenvalue weighted by molar-refractivity contribution is 0.172.